The molecule has 2 heterocycles. The number of aromatic nitrogens is 2. The van der Waals surface area contributed by atoms with Crippen LogP contribution in [0.4, 0.5) is 23.0 Å². The number of hydrogen-bond donors (Lipinski definition) is 3. The third-order valence-electron chi connectivity index (χ3n) is 5.75. The highest BCUT2D eigenvalue weighted by atomic mass is 16.7. The summed E-state index contributed by atoms with van der Waals surface area (Å²) >= 11 is 0. The second-order valence-corrected chi connectivity index (χ2v) is 8.77. The van der Waals surface area contributed by atoms with E-state index < -0.39 is 0 Å². The van der Waals surface area contributed by atoms with Gasteiger partial charge in [0.15, 0.2) is 12.7 Å². The van der Waals surface area contributed by atoms with Gasteiger partial charge in [-0.2, -0.15) is 0 Å². The van der Waals surface area contributed by atoms with Crippen LogP contribution in [0.1, 0.15) is 31.9 Å². The van der Waals surface area contributed by atoms with Gasteiger partial charge in [-0.15, -0.1) is 0 Å². The molecule has 2 aromatic carbocycles. The highest BCUT2D eigenvalue weighted by molar-refractivity contribution is 5.87. The lowest BCUT2D eigenvalue weighted by Crippen LogP contribution is -2.11. The average molecular weight is 555 g/mol. The van der Waals surface area contributed by atoms with Gasteiger partial charge in [-0.05, 0) is 58.1 Å². The maximum absolute atomic E-state index is 7.26. The third-order valence-corrected chi connectivity index (χ3v) is 5.75. The maximum Gasteiger partial charge on any atom is 0.237 e. The van der Waals surface area contributed by atoms with E-state index in [4.69, 9.17) is 33.1 Å². The zero-order valence-electron chi connectivity index (χ0n) is 24.5. The molecule has 2 aromatic heterocycles. The monoisotopic (exact) mass is 554 g/mol. The first-order valence-corrected chi connectivity index (χ1v) is 13.1. The van der Waals surface area contributed by atoms with Crippen LogP contribution < -0.4 is 5.73 Å². The van der Waals surface area contributed by atoms with Crippen molar-refractivity contribution in [1.82, 2.24) is 9.97 Å². The molecular formula is C32H38N6O3. The normalized spacial score (nSPS) is 10.3. The van der Waals surface area contributed by atoms with E-state index in [1.54, 1.807) is 12.4 Å². The van der Waals surface area contributed by atoms with E-state index in [1.165, 1.54) is 24.6 Å². The van der Waals surface area contributed by atoms with Gasteiger partial charge in [0.1, 0.15) is 11.6 Å². The number of aryl methyl sites for hydroxylation is 2. The highest BCUT2D eigenvalue weighted by Gasteiger charge is 2.12. The summed E-state index contributed by atoms with van der Waals surface area (Å²) in [5.41, 5.74) is 12.8. The molecule has 9 heteroatoms. The fourth-order valence-electron chi connectivity index (χ4n) is 3.70. The Hall–Kier alpha value is -4.83. The van der Waals surface area contributed by atoms with Crippen LogP contribution in [-0.2, 0) is 14.2 Å². The van der Waals surface area contributed by atoms with Gasteiger partial charge < -0.3 is 29.9 Å². The molecule has 214 valence electrons. The quantitative estimate of drug-likeness (QED) is 0.0880. The number of aromatic amines is 2. The SMILES string of the molecule is CCOC(C)OCC.[C-]#[N+]c1c(-c2ccc(C)cc2)c[nH]c1N.[C-]#[N+]c1c(-c2ccc(C)cc2)c[nH]c1N=COC. The van der Waals surface area contributed by atoms with Crippen molar-refractivity contribution < 1.29 is 14.2 Å². The van der Waals surface area contributed by atoms with E-state index >= 15 is 0 Å². The van der Waals surface area contributed by atoms with Crippen molar-refractivity contribution in [3.05, 3.63) is 94.9 Å². The van der Waals surface area contributed by atoms with E-state index in [2.05, 4.69) is 24.7 Å². The summed E-state index contributed by atoms with van der Waals surface area (Å²) in [6, 6.07) is 16.1. The topological polar surface area (TPSA) is 106 Å². The Morgan fingerprint density at radius 3 is 1.73 bits per heavy atom. The summed E-state index contributed by atoms with van der Waals surface area (Å²) in [6.07, 6.45) is 4.83. The average Bonchev–Trinajstić information content (AvgIpc) is 3.56. The number of methoxy groups -OCH3 is 1. The van der Waals surface area contributed by atoms with Crippen molar-refractivity contribution in [3.8, 4) is 22.3 Å². The van der Waals surface area contributed by atoms with E-state index in [0.717, 1.165) is 35.5 Å². The molecule has 0 bridgehead atoms. The Kier molecular flexibility index (Phi) is 13.4. The lowest BCUT2D eigenvalue weighted by molar-refractivity contribution is -0.123. The van der Waals surface area contributed by atoms with Crippen LogP contribution in [-0.4, -0.2) is 43.0 Å². The second-order valence-electron chi connectivity index (χ2n) is 8.77. The van der Waals surface area contributed by atoms with Gasteiger partial charge in [0.25, 0.3) is 0 Å². The summed E-state index contributed by atoms with van der Waals surface area (Å²) in [7, 11) is 1.52. The molecular weight excluding hydrogens is 516 g/mol. The first-order chi connectivity index (χ1) is 19.8. The van der Waals surface area contributed by atoms with E-state index in [1.807, 2.05) is 83.1 Å². The summed E-state index contributed by atoms with van der Waals surface area (Å²) in [5.74, 6) is 0.947. The lowest BCUT2D eigenvalue weighted by atomic mass is 10.1. The number of rotatable bonds is 8. The molecule has 9 nitrogen and oxygen atoms in total. The van der Waals surface area contributed by atoms with Crippen LogP contribution >= 0.6 is 0 Å². The van der Waals surface area contributed by atoms with Gasteiger partial charge in [0.2, 0.25) is 11.4 Å². The number of nitrogen functional groups attached to an aromatic ring is 1. The zero-order chi connectivity index (χ0) is 30.2. The largest absolute Gasteiger partial charge is 0.486 e. The van der Waals surface area contributed by atoms with Gasteiger partial charge in [-0.3, -0.25) is 0 Å². The Morgan fingerprint density at radius 2 is 1.29 bits per heavy atom. The minimum atomic E-state index is -0.0370. The zero-order valence-corrected chi connectivity index (χ0v) is 24.5. The standard InChI is InChI=1S/C14H13N3O.C12H11N3.C6H14O2/c1-10-4-6-11(7-5-10)12-8-16-14(13(12)15-2)17-9-18-3;1-8-3-5-9(6-4-8)10-7-15-12(13)11(10)14-2;1-4-7-6(3)8-5-2/h4-9,16H,1,3H3;3-7,15H,13H2,1H3;6H,4-5H2,1-3H3. The number of H-pyrrole nitrogens is 2. The number of nitrogens with one attached hydrogen (secondary N) is 2. The molecule has 0 radical (unpaired) electrons. The van der Waals surface area contributed by atoms with Crippen molar-refractivity contribution in [2.45, 2.75) is 40.9 Å². The Labute approximate surface area is 242 Å². The van der Waals surface area contributed by atoms with Crippen molar-refractivity contribution in [3.63, 3.8) is 0 Å². The minimum Gasteiger partial charge on any atom is -0.486 e. The number of nitrogens with two attached hydrogens (primary N) is 1. The lowest BCUT2D eigenvalue weighted by Gasteiger charge is -2.09. The fraction of sp³-hybridized carbons (Fsp3) is 0.281. The number of ether oxygens (including phenoxy) is 3. The predicted octanol–water partition coefficient (Wildman–Crippen LogP) is 8.38. The van der Waals surface area contributed by atoms with Crippen LogP contribution in [0.25, 0.3) is 31.9 Å². The van der Waals surface area contributed by atoms with E-state index in [-0.39, 0.29) is 6.29 Å². The van der Waals surface area contributed by atoms with E-state index in [9.17, 15) is 0 Å². The fourth-order valence-corrected chi connectivity index (χ4v) is 3.70. The molecule has 4 aromatic rings. The number of benzene rings is 2. The van der Waals surface area contributed by atoms with Crippen LogP contribution in [0, 0.1) is 27.0 Å². The van der Waals surface area contributed by atoms with Crippen molar-refractivity contribution in [1.29, 1.82) is 0 Å². The molecule has 0 saturated carbocycles. The third kappa shape index (κ3) is 9.70. The molecule has 0 spiro atoms. The number of hydrogen-bond acceptors (Lipinski definition) is 5. The van der Waals surface area contributed by atoms with Gasteiger partial charge in [-0.1, -0.05) is 59.7 Å². The first kappa shape index (κ1) is 32.4. The Bertz CT molecular complexity index is 1450. The maximum atomic E-state index is 7.26. The Balaban J connectivity index is 0.000000232. The van der Waals surface area contributed by atoms with Crippen molar-refractivity contribution >= 4 is 29.4 Å². The number of nitrogens with zero attached hydrogens (tertiary/aromatic N) is 3. The number of aliphatic imine (C=N–C) groups is 1. The molecule has 0 aliphatic rings. The summed E-state index contributed by atoms with van der Waals surface area (Å²) < 4.78 is 14.9. The van der Waals surface area contributed by atoms with Crippen LogP contribution in [0.15, 0.2) is 65.9 Å². The van der Waals surface area contributed by atoms with Gasteiger partial charge in [0, 0.05) is 24.3 Å². The van der Waals surface area contributed by atoms with Crippen LogP contribution in [0.3, 0.4) is 0 Å². The van der Waals surface area contributed by atoms with Gasteiger partial charge in [0.05, 0.1) is 20.3 Å². The van der Waals surface area contributed by atoms with E-state index in [0.29, 0.717) is 23.0 Å². The van der Waals surface area contributed by atoms with Gasteiger partial charge in [-0.25, -0.2) is 14.7 Å². The molecule has 0 fully saturated rings. The molecule has 0 unspecified atom stereocenters. The summed E-state index contributed by atoms with van der Waals surface area (Å²) in [6.45, 7) is 25.6. The van der Waals surface area contributed by atoms with Crippen molar-refractivity contribution in [2.24, 2.45) is 4.99 Å². The van der Waals surface area contributed by atoms with Crippen LogP contribution in [0.5, 0.6) is 0 Å². The molecule has 4 N–H and O–H groups in total. The molecule has 0 aliphatic heterocycles. The van der Waals surface area contributed by atoms with Gasteiger partial charge >= 0.3 is 0 Å². The predicted molar refractivity (Wildman–Crippen MR) is 167 cm³/mol. The highest BCUT2D eigenvalue weighted by Crippen LogP contribution is 2.38. The summed E-state index contributed by atoms with van der Waals surface area (Å²) in [4.78, 5) is 16.8. The Morgan fingerprint density at radius 1 is 0.829 bits per heavy atom. The molecule has 4 rings (SSSR count). The van der Waals surface area contributed by atoms with Crippen molar-refractivity contribution in [2.75, 3.05) is 26.1 Å². The molecule has 0 aliphatic carbocycles. The molecule has 41 heavy (non-hydrogen) atoms. The number of anilines is 1. The van der Waals surface area contributed by atoms with Crippen LogP contribution in [0.2, 0.25) is 0 Å². The molecule has 0 amide bonds. The molecule has 0 atom stereocenters. The minimum absolute atomic E-state index is 0.0370. The summed E-state index contributed by atoms with van der Waals surface area (Å²) in [5, 5.41) is 0. The molecule has 0 saturated heterocycles. The first-order valence-electron chi connectivity index (χ1n) is 13.1. The smallest absolute Gasteiger partial charge is 0.237 e. The second kappa shape index (κ2) is 17.0.